The van der Waals surface area contributed by atoms with Gasteiger partial charge in [0, 0.05) is 11.0 Å². The number of aryl methyl sites for hydroxylation is 1. The Bertz CT molecular complexity index is 646. The SMILES string of the molecule is CC(C)(C)c1ccc2c(c1)C(=O)C1(CC2)CC2C=CC1C2. The van der Waals surface area contributed by atoms with E-state index in [2.05, 4.69) is 51.1 Å². The molecule has 110 valence electrons. The van der Waals surface area contributed by atoms with E-state index in [1.165, 1.54) is 17.5 Å². The average Bonchev–Trinajstić information content (AvgIpc) is 3.03. The van der Waals surface area contributed by atoms with Crippen LogP contribution in [0.5, 0.6) is 0 Å². The molecule has 1 nitrogen and oxygen atoms in total. The molecule has 0 aromatic heterocycles. The summed E-state index contributed by atoms with van der Waals surface area (Å²) in [4.78, 5) is 13.3. The minimum absolute atomic E-state index is 0.0665. The smallest absolute Gasteiger partial charge is 0.169 e. The Morgan fingerprint density at radius 1 is 1.19 bits per heavy atom. The Balaban J connectivity index is 1.79. The lowest BCUT2D eigenvalue weighted by atomic mass is 9.63. The zero-order chi connectivity index (χ0) is 14.8. The number of ketones is 1. The molecule has 2 bridgehead atoms. The highest BCUT2D eigenvalue weighted by atomic mass is 16.1. The van der Waals surface area contributed by atoms with E-state index in [1.807, 2.05) is 0 Å². The first kappa shape index (κ1) is 13.3. The van der Waals surface area contributed by atoms with Crippen molar-refractivity contribution in [3.63, 3.8) is 0 Å². The molecule has 3 aliphatic carbocycles. The summed E-state index contributed by atoms with van der Waals surface area (Å²) in [6.45, 7) is 6.66. The molecule has 0 aliphatic heterocycles. The second kappa shape index (κ2) is 4.09. The normalized spacial score (nSPS) is 33.8. The van der Waals surface area contributed by atoms with E-state index in [0.29, 0.717) is 17.6 Å². The van der Waals surface area contributed by atoms with Gasteiger partial charge >= 0.3 is 0 Å². The van der Waals surface area contributed by atoms with Gasteiger partial charge in [0.25, 0.3) is 0 Å². The Labute approximate surface area is 127 Å². The maximum Gasteiger partial charge on any atom is 0.169 e. The van der Waals surface area contributed by atoms with Crippen molar-refractivity contribution < 1.29 is 4.79 Å². The van der Waals surface area contributed by atoms with Crippen LogP contribution >= 0.6 is 0 Å². The van der Waals surface area contributed by atoms with Gasteiger partial charge in [-0.1, -0.05) is 45.1 Å². The number of hydrogen-bond acceptors (Lipinski definition) is 1. The predicted molar refractivity (Wildman–Crippen MR) is 85.6 cm³/mol. The van der Waals surface area contributed by atoms with Crippen molar-refractivity contribution in [3.05, 3.63) is 47.0 Å². The summed E-state index contributed by atoms with van der Waals surface area (Å²) in [6.07, 6.45) is 9.09. The van der Waals surface area contributed by atoms with Crippen molar-refractivity contribution in [2.24, 2.45) is 17.3 Å². The molecular formula is C20H24O. The van der Waals surface area contributed by atoms with Crippen LogP contribution in [0, 0.1) is 17.3 Å². The largest absolute Gasteiger partial charge is 0.294 e. The van der Waals surface area contributed by atoms with E-state index < -0.39 is 0 Å². The standard InChI is InChI=1S/C20H24O/c1-19(2,3)15-7-5-14-8-9-20(18(21)17(14)11-15)12-13-4-6-16(20)10-13/h4-7,11,13,16H,8-10,12H2,1-3H3. The van der Waals surface area contributed by atoms with Crippen LogP contribution in [-0.4, -0.2) is 5.78 Å². The summed E-state index contributed by atoms with van der Waals surface area (Å²) in [5, 5.41) is 0. The molecule has 3 atom stereocenters. The van der Waals surface area contributed by atoms with E-state index in [-0.39, 0.29) is 10.8 Å². The molecule has 1 spiro atoms. The molecule has 0 amide bonds. The molecule has 0 N–H and O–H groups in total. The highest BCUT2D eigenvalue weighted by molar-refractivity contribution is 6.03. The lowest BCUT2D eigenvalue weighted by Gasteiger charge is -2.39. The topological polar surface area (TPSA) is 17.1 Å². The Hall–Kier alpha value is -1.37. The van der Waals surface area contributed by atoms with Crippen LogP contribution in [0.1, 0.15) is 61.5 Å². The van der Waals surface area contributed by atoms with E-state index >= 15 is 0 Å². The van der Waals surface area contributed by atoms with Gasteiger partial charge in [0.05, 0.1) is 0 Å². The Morgan fingerprint density at radius 3 is 2.62 bits per heavy atom. The average molecular weight is 280 g/mol. The van der Waals surface area contributed by atoms with E-state index in [9.17, 15) is 4.79 Å². The van der Waals surface area contributed by atoms with Crippen LogP contribution < -0.4 is 0 Å². The molecule has 1 heteroatoms. The highest BCUT2D eigenvalue weighted by Crippen LogP contribution is 2.57. The van der Waals surface area contributed by atoms with Crippen molar-refractivity contribution in [2.45, 2.75) is 51.9 Å². The summed E-state index contributed by atoms with van der Waals surface area (Å²) >= 11 is 0. The van der Waals surface area contributed by atoms with Gasteiger partial charge in [-0.2, -0.15) is 0 Å². The van der Waals surface area contributed by atoms with E-state index in [4.69, 9.17) is 0 Å². The van der Waals surface area contributed by atoms with Crippen molar-refractivity contribution in [3.8, 4) is 0 Å². The second-order valence-corrected chi connectivity index (χ2v) is 8.30. The molecule has 1 saturated carbocycles. The van der Waals surface area contributed by atoms with E-state index in [0.717, 1.165) is 24.8 Å². The number of hydrogen-bond donors (Lipinski definition) is 0. The van der Waals surface area contributed by atoms with Crippen LogP contribution in [0.4, 0.5) is 0 Å². The zero-order valence-corrected chi connectivity index (χ0v) is 13.3. The minimum atomic E-state index is -0.0665. The molecule has 21 heavy (non-hydrogen) atoms. The van der Waals surface area contributed by atoms with Gasteiger partial charge in [0.2, 0.25) is 0 Å². The van der Waals surface area contributed by atoms with Gasteiger partial charge in [-0.15, -0.1) is 0 Å². The first-order valence-corrected chi connectivity index (χ1v) is 8.27. The lowest BCUT2D eigenvalue weighted by Crippen LogP contribution is -2.39. The fraction of sp³-hybridized carbons (Fsp3) is 0.550. The molecule has 0 saturated heterocycles. The van der Waals surface area contributed by atoms with Crippen LogP contribution in [0.15, 0.2) is 30.4 Å². The van der Waals surface area contributed by atoms with Gasteiger partial charge in [-0.25, -0.2) is 0 Å². The van der Waals surface area contributed by atoms with Crippen LogP contribution in [0.3, 0.4) is 0 Å². The van der Waals surface area contributed by atoms with Gasteiger partial charge in [0.15, 0.2) is 5.78 Å². The third-order valence-corrected chi connectivity index (χ3v) is 6.02. The molecule has 4 rings (SSSR count). The maximum absolute atomic E-state index is 13.3. The number of fused-ring (bicyclic) bond motifs is 4. The van der Waals surface area contributed by atoms with Crippen LogP contribution in [0.2, 0.25) is 0 Å². The number of carbonyl (C=O) groups is 1. The molecule has 1 aromatic carbocycles. The van der Waals surface area contributed by atoms with Gasteiger partial charge in [-0.3, -0.25) is 4.79 Å². The maximum atomic E-state index is 13.3. The van der Waals surface area contributed by atoms with Gasteiger partial charge in [0.1, 0.15) is 0 Å². The number of carbonyl (C=O) groups excluding carboxylic acids is 1. The van der Waals surface area contributed by atoms with Crippen molar-refractivity contribution >= 4 is 5.78 Å². The first-order valence-electron chi connectivity index (χ1n) is 8.27. The summed E-state index contributed by atoms with van der Waals surface area (Å²) in [6, 6.07) is 6.60. The minimum Gasteiger partial charge on any atom is -0.294 e. The number of rotatable bonds is 0. The summed E-state index contributed by atoms with van der Waals surface area (Å²) < 4.78 is 0. The monoisotopic (exact) mass is 280 g/mol. The number of Topliss-reactive ketones (excluding diaryl/α,β-unsaturated/α-hetero) is 1. The predicted octanol–water partition coefficient (Wildman–Crippen LogP) is 4.70. The molecule has 0 heterocycles. The van der Waals surface area contributed by atoms with Crippen molar-refractivity contribution in [1.82, 2.24) is 0 Å². The Kier molecular flexibility index (Phi) is 2.59. The Morgan fingerprint density at radius 2 is 2.00 bits per heavy atom. The first-order chi connectivity index (χ1) is 9.90. The fourth-order valence-corrected chi connectivity index (χ4v) is 4.72. The number of allylic oxidation sites excluding steroid dienone is 2. The fourth-order valence-electron chi connectivity index (χ4n) is 4.72. The van der Waals surface area contributed by atoms with Gasteiger partial charge in [-0.05, 0) is 60.1 Å². The zero-order valence-electron chi connectivity index (χ0n) is 13.3. The summed E-state index contributed by atoms with van der Waals surface area (Å²) in [7, 11) is 0. The van der Waals surface area contributed by atoms with Crippen molar-refractivity contribution in [1.29, 1.82) is 0 Å². The third kappa shape index (κ3) is 1.79. The summed E-state index contributed by atoms with van der Waals surface area (Å²) in [5.41, 5.74) is 3.61. The summed E-state index contributed by atoms with van der Waals surface area (Å²) in [5.74, 6) is 1.60. The molecular weight excluding hydrogens is 256 g/mol. The van der Waals surface area contributed by atoms with Gasteiger partial charge < -0.3 is 0 Å². The molecule has 1 aromatic rings. The molecule has 0 radical (unpaired) electrons. The molecule has 1 fully saturated rings. The van der Waals surface area contributed by atoms with Crippen LogP contribution in [-0.2, 0) is 11.8 Å². The quantitative estimate of drug-likeness (QED) is 0.630. The van der Waals surface area contributed by atoms with Crippen LogP contribution in [0.25, 0.3) is 0 Å². The molecule has 3 aliphatic rings. The molecule has 3 unspecified atom stereocenters. The number of benzene rings is 1. The van der Waals surface area contributed by atoms with E-state index in [1.54, 1.807) is 0 Å². The second-order valence-electron chi connectivity index (χ2n) is 8.30. The third-order valence-electron chi connectivity index (χ3n) is 6.02. The lowest BCUT2D eigenvalue weighted by molar-refractivity contribution is 0.0702. The van der Waals surface area contributed by atoms with Crippen molar-refractivity contribution in [2.75, 3.05) is 0 Å². The highest BCUT2D eigenvalue weighted by Gasteiger charge is 2.54.